The summed E-state index contributed by atoms with van der Waals surface area (Å²) in [7, 11) is -3.85. The molecule has 192 valence electrons. The Balaban J connectivity index is 0.000000392. The smallest absolute Gasteiger partial charge is 0.328 e. The number of carboxylic acids is 2. The van der Waals surface area contributed by atoms with Crippen molar-refractivity contribution in [2.24, 2.45) is 0 Å². The minimum absolute atomic E-state index is 0.115. The van der Waals surface area contributed by atoms with E-state index in [1.54, 1.807) is 18.2 Å². The van der Waals surface area contributed by atoms with Crippen molar-refractivity contribution in [3.63, 3.8) is 0 Å². The average molecular weight is 533 g/mol. The molecule has 0 aliphatic carbocycles. The van der Waals surface area contributed by atoms with Crippen LogP contribution in [0.25, 0.3) is 0 Å². The van der Waals surface area contributed by atoms with E-state index in [-0.39, 0.29) is 10.5 Å². The Morgan fingerprint density at radius 1 is 1.06 bits per heavy atom. The molecule has 0 bridgehead atoms. The van der Waals surface area contributed by atoms with Crippen molar-refractivity contribution in [3.8, 4) is 0 Å². The van der Waals surface area contributed by atoms with E-state index in [1.165, 1.54) is 6.07 Å². The van der Waals surface area contributed by atoms with Gasteiger partial charge in [0, 0.05) is 42.8 Å². The molecule has 0 radical (unpaired) electrons. The Hall–Kier alpha value is -3.15. The maximum Gasteiger partial charge on any atom is 0.328 e. The normalized spacial score (nSPS) is 19.9. The van der Waals surface area contributed by atoms with E-state index in [0.717, 1.165) is 35.3 Å². The minimum Gasteiger partial charge on any atom is -0.478 e. The molecule has 0 aromatic heterocycles. The predicted octanol–water partition coefficient (Wildman–Crippen LogP) is 3.11. The van der Waals surface area contributed by atoms with Gasteiger partial charge in [0.15, 0.2) is 0 Å². The van der Waals surface area contributed by atoms with Crippen molar-refractivity contribution < 1.29 is 33.0 Å². The molecule has 2 aromatic carbocycles. The van der Waals surface area contributed by atoms with E-state index in [4.69, 9.17) is 10.2 Å². The second-order valence-corrected chi connectivity index (χ2v) is 11.6. The highest BCUT2D eigenvalue weighted by molar-refractivity contribution is 8.00. The lowest BCUT2D eigenvalue weighted by Gasteiger charge is -2.33. The fraction of sp³-hybridized carbons (Fsp3) is 0.320. The SMILES string of the molecule is CC1CN(CCC(c2ccccc2)N2C(=O)c3ccccc3S2(=O)=O)CCS1.O=C(O)C=CC(=O)O. The van der Waals surface area contributed by atoms with Gasteiger partial charge in [-0.1, -0.05) is 49.4 Å². The molecule has 2 heterocycles. The summed E-state index contributed by atoms with van der Waals surface area (Å²) >= 11 is 1.97. The number of nitrogens with zero attached hydrogens (tertiary/aromatic N) is 2. The van der Waals surface area contributed by atoms with Gasteiger partial charge < -0.3 is 15.1 Å². The van der Waals surface area contributed by atoms with E-state index in [1.807, 2.05) is 42.1 Å². The Bertz CT molecular complexity index is 1220. The molecule has 2 N–H and O–H groups in total. The number of thioether (sulfide) groups is 1. The van der Waals surface area contributed by atoms with Crippen LogP contribution in [0.15, 0.2) is 71.6 Å². The van der Waals surface area contributed by atoms with Gasteiger partial charge in [-0.05, 0) is 24.1 Å². The molecule has 1 amide bonds. The molecule has 4 rings (SSSR count). The summed E-state index contributed by atoms with van der Waals surface area (Å²) in [4.78, 5) is 34.7. The molecule has 2 aliphatic rings. The maximum absolute atomic E-state index is 13.2. The molecule has 2 unspecified atom stereocenters. The first-order valence-corrected chi connectivity index (χ1v) is 13.8. The molecule has 2 aromatic rings. The second kappa shape index (κ2) is 12.2. The minimum atomic E-state index is -3.85. The van der Waals surface area contributed by atoms with Crippen LogP contribution in [0, 0.1) is 0 Å². The maximum atomic E-state index is 13.2. The Morgan fingerprint density at radius 3 is 2.25 bits per heavy atom. The third kappa shape index (κ3) is 6.74. The quantitative estimate of drug-likeness (QED) is 0.516. The number of carbonyl (C=O) groups is 3. The van der Waals surface area contributed by atoms with E-state index >= 15 is 0 Å². The summed E-state index contributed by atoms with van der Waals surface area (Å²) in [6, 6.07) is 15.5. The van der Waals surface area contributed by atoms with Crippen LogP contribution in [0.4, 0.5) is 0 Å². The van der Waals surface area contributed by atoms with Gasteiger partial charge in [0.25, 0.3) is 15.9 Å². The van der Waals surface area contributed by atoms with Crippen molar-refractivity contribution in [2.75, 3.05) is 25.4 Å². The van der Waals surface area contributed by atoms with Gasteiger partial charge in [0.05, 0.1) is 11.6 Å². The predicted molar refractivity (Wildman–Crippen MR) is 136 cm³/mol. The number of fused-ring (bicyclic) bond motifs is 1. The molecular weight excluding hydrogens is 504 g/mol. The largest absolute Gasteiger partial charge is 0.478 e. The van der Waals surface area contributed by atoms with Crippen LogP contribution < -0.4 is 0 Å². The number of sulfonamides is 1. The van der Waals surface area contributed by atoms with Gasteiger partial charge >= 0.3 is 11.9 Å². The highest BCUT2D eigenvalue weighted by atomic mass is 32.2. The topological polar surface area (TPSA) is 132 Å². The summed E-state index contributed by atoms with van der Waals surface area (Å²) in [6.07, 6.45) is 1.70. The number of hydrogen-bond acceptors (Lipinski definition) is 7. The Morgan fingerprint density at radius 2 is 1.67 bits per heavy atom. The summed E-state index contributed by atoms with van der Waals surface area (Å²) in [5, 5.41) is 16.2. The zero-order valence-electron chi connectivity index (χ0n) is 19.7. The van der Waals surface area contributed by atoms with Gasteiger partial charge in [-0.25, -0.2) is 22.3 Å². The highest BCUT2D eigenvalue weighted by Gasteiger charge is 2.45. The van der Waals surface area contributed by atoms with Gasteiger partial charge in [-0.2, -0.15) is 11.8 Å². The second-order valence-electron chi connectivity index (χ2n) is 8.31. The third-order valence-electron chi connectivity index (χ3n) is 5.73. The number of hydrogen-bond donors (Lipinski definition) is 2. The molecule has 0 saturated carbocycles. The van der Waals surface area contributed by atoms with E-state index in [9.17, 15) is 22.8 Å². The highest BCUT2D eigenvalue weighted by Crippen LogP contribution is 2.38. The fourth-order valence-corrected chi connectivity index (χ4v) is 7.00. The van der Waals surface area contributed by atoms with Crippen molar-refractivity contribution in [2.45, 2.75) is 29.5 Å². The molecule has 1 saturated heterocycles. The molecule has 9 nitrogen and oxygen atoms in total. The van der Waals surface area contributed by atoms with Gasteiger partial charge in [-0.15, -0.1) is 0 Å². The molecule has 1 fully saturated rings. The summed E-state index contributed by atoms with van der Waals surface area (Å²) in [5.41, 5.74) is 1.12. The van der Waals surface area contributed by atoms with Crippen molar-refractivity contribution >= 4 is 39.6 Å². The van der Waals surface area contributed by atoms with Crippen molar-refractivity contribution in [3.05, 3.63) is 77.9 Å². The van der Waals surface area contributed by atoms with Gasteiger partial charge in [0.2, 0.25) is 0 Å². The van der Waals surface area contributed by atoms with E-state index in [0.29, 0.717) is 23.8 Å². The number of benzene rings is 2. The third-order valence-corrected chi connectivity index (χ3v) is 8.72. The summed E-state index contributed by atoms with van der Waals surface area (Å²) in [5.74, 6) is -1.85. The molecule has 11 heteroatoms. The van der Waals surface area contributed by atoms with Crippen LogP contribution in [-0.4, -0.2) is 76.3 Å². The first-order chi connectivity index (χ1) is 17.1. The lowest BCUT2D eigenvalue weighted by Crippen LogP contribution is -2.40. The monoisotopic (exact) mass is 532 g/mol. The molecule has 0 spiro atoms. The first-order valence-electron chi connectivity index (χ1n) is 11.3. The number of carboxylic acid groups (broad SMARTS) is 2. The lowest BCUT2D eigenvalue weighted by molar-refractivity contribution is -0.134. The average Bonchev–Trinajstić information content (AvgIpc) is 3.05. The van der Waals surface area contributed by atoms with Gasteiger partial charge in [0.1, 0.15) is 4.90 Å². The fourth-order valence-electron chi connectivity index (χ4n) is 4.15. The number of rotatable bonds is 7. The standard InChI is InChI=1S/C21H24N2O3S2.C4H4O4/c1-16-15-22(13-14-27-16)12-11-19(17-7-3-2-4-8-17)23-21(24)18-9-5-6-10-20(18)28(23,25)26;5-3(6)1-2-4(7)8/h2-10,16,19H,11-15H2,1H3;1-2H,(H,5,6)(H,7,8). The summed E-state index contributed by atoms with van der Waals surface area (Å²) < 4.78 is 27.5. The van der Waals surface area contributed by atoms with E-state index in [2.05, 4.69) is 11.8 Å². The van der Waals surface area contributed by atoms with Crippen LogP contribution in [0.2, 0.25) is 0 Å². The van der Waals surface area contributed by atoms with Crippen LogP contribution in [-0.2, 0) is 19.6 Å². The molecule has 36 heavy (non-hydrogen) atoms. The first kappa shape index (κ1) is 27.4. The zero-order chi connectivity index (χ0) is 26.3. The van der Waals surface area contributed by atoms with Crippen LogP contribution in [0.3, 0.4) is 0 Å². The molecular formula is C25H28N2O7S2. The number of aliphatic carboxylic acids is 2. The Kier molecular flexibility index (Phi) is 9.30. The van der Waals surface area contributed by atoms with Crippen LogP contribution in [0.5, 0.6) is 0 Å². The molecule has 2 aliphatic heterocycles. The van der Waals surface area contributed by atoms with Gasteiger partial charge in [-0.3, -0.25) is 4.79 Å². The van der Waals surface area contributed by atoms with E-state index < -0.39 is 33.9 Å². The van der Waals surface area contributed by atoms with Crippen molar-refractivity contribution in [1.82, 2.24) is 9.21 Å². The Labute approximate surface area is 214 Å². The zero-order valence-corrected chi connectivity index (χ0v) is 21.3. The summed E-state index contributed by atoms with van der Waals surface area (Å²) in [6.45, 7) is 4.97. The van der Waals surface area contributed by atoms with Crippen molar-refractivity contribution in [1.29, 1.82) is 0 Å². The van der Waals surface area contributed by atoms with Crippen LogP contribution >= 0.6 is 11.8 Å². The van der Waals surface area contributed by atoms with Crippen LogP contribution in [0.1, 0.15) is 35.3 Å². The lowest BCUT2D eigenvalue weighted by atomic mass is 10.0. The number of amides is 1. The number of carbonyl (C=O) groups excluding carboxylic acids is 1. The molecule has 2 atom stereocenters.